The van der Waals surface area contributed by atoms with E-state index in [4.69, 9.17) is 4.42 Å². The molecule has 0 saturated heterocycles. The van der Waals surface area contributed by atoms with Gasteiger partial charge >= 0.3 is 0 Å². The third-order valence-electron chi connectivity index (χ3n) is 4.93. The fourth-order valence-electron chi connectivity index (χ4n) is 3.22. The molecule has 0 aliphatic carbocycles. The second-order valence-electron chi connectivity index (χ2n) is 7.20. The number of nitrogens with zero attached hydrogens (tertiary/aromatic N) is 1. The number of anilines is 1. The Morgan fingerprint density at radius 2 is 1.59 bits per heavy atom. The summed E-state index contributed by atoms with van der Waals surface area (Å²) in [6.45, 7) is 0.239. The van der Waals surface area contributed by atoms with Crippen LogP contribution >= 0.6 is 0 Å². The lowest BCUT2D eigenvalue weighted by atomic mass is 10.2. The Morgan fingerprint density at radius 3 is 2.31 bits per heavy atom. The number of rotatable bonds is 6. The molecule has 8 heteroatoms. The Bertz CT molecular complexity index is 1430. The molecule has 0 saturated carbocycles. The molecule has 0 aliphatic heterocycles. The van der Waals surface area contributed by atoms with Crippen molar-refractivity contribution in [1.82, 2.24) is 4.31 Å². The van der Waals surface area contributed by atoms with Gasteiger partial charge in [0.15, 0.2) is 11.2 Å². The molecule has 0 spiro atoms. The van der Waals surface area contributed by atoms with Gasteiger partial charge < -0.3 is 9.73 Å². The summed E-state index contributed by atoms with van der Waals surface area (Å²) in [6, 6.07) is 22.9. The lowest BCUT2D eigenvalue weighted by Gasteiger charge is -2.17. The predicted molar refractivity (Wildman–Crippen MR) is 122 cm³/mol. The van der Waals surface area contributed by atoms with E-state index >= 15 is 0 Å². The molecular formula is C24H20N2O5S. The molecule has 1 amide bonds. The lowest BCUT2D eigenvalue weighted by Crippen LogP contribution is -2.26. The van der Waals surface area contributed by atoms with E-state index in [2.05, 4.69) is 5.32 Å². The molecule has 1 N–H and O–H groups in total. The molecule has 3 aromatic carbocycles. The number of para-hydroxylation sites is 1. The zero-order valence-corrected chi connectivity index (χ0v) is 18.0. The topological polar surface area (TPSA) is 96.7 Å². The number of carbonyl (C=O) groups excluding carboxylic acids is 1. The molecule has 0 atom stereocenters. The van der Waals surface area contributed by atoms with Gasteiger partial charge in [0.05, 0.1) is 10.3 Å². The number of benzene rings is 3. The van der Waals surface area contributed by atoms with Crippen LogP contribution in [0.5, 0.6) is 0 Å². The van der Waals surface area contributed by atoms with Crippen LogP contribution in [0.25, 0.3) is 11.0 Å². The van der Waals surface area contributed by atoms with Crippen molar-refractivity contribution < 1.29 is 17.6 Å². The zero-order chi connectivity index (χ0) is 22.7. The largest absolute Gasteiger partial charge is 0.451 e. The van der Waals surface area contributed by atoms with Crippen molar-refractivity contribution in [3.05, 3.63) is 106 Å². The predicted octanol–water partition coefficient (Wildman–Crippen LogP) is 3.87. The first-order valence-corrected chi connectivity index (χ1v) is 11.2. The molecule has 1 aromatic heterocycles. The van der Waals surface area contributed by atoms with Gasteiger partial charge in [0.2, 0.25) is 10.0 Å². The van der Waals surface area contributed by atoms with Crippen molar-refractivity contribution in [1.29, 1.82) is 0 Å². The number of sulfonamides is 1. The van der Waals surface area contributed by atoms with Crippen molar-refractivity contribution in [3.63, 3.8) is 0 Å². The summed E-state index contributed by atoms with van der Waals surface area (Å²) in [7, 11) is -2.19. The van der Waals surface area contributed by atoms with Crippen molar-refractivity contribution in [2.75, 3.05) is 12.4 Å². The SMILES string of the molecule is CN(Cc1ccccc1)S(=O)(=O)c1ccc(NC(=O)c2cc(=O)c3ccccc3o2)cc1. The van der Waals surface area contributed by atoms with E-state index in [0.717, 1.165) is 11.6 Å². The normalized spacial score (nSPS) is 11.6. The van der Waals surface area contributed by atoms with E-state index in [-0.39, 0.29) is 22.6 Å². The van der Waals surface area contributed by atoms with Crippen LogP contribution in [-0.4, -0.2) is 25.7 Å². The quantitative estimate of drug-likeness (QED) is 0.483. The van der Waals surface area contributed by atoms with Gasteiger partial charge in [-0.1, -0.05) is 42.5 Å². The lowest BCUT2D eigenvalue weighted by molar-refractivity contribution is 0.0997. The van der Waals surface area contributed by atoms with Gasteiger partial charge in [0.1, 0.15) is 5.58 Å². The maximum absolute atomic E-state index is 12.8. The minimum Gasteiger partial charge on any atom is -0.451 e. The first-order valence-electron chi connectivity index (χ1n) is 9.79. The average Bonchev–Trinajstić information content (AvgIpc) is 2.80. The third kappa shape index (κ3) is 4.46. The number of hydrogen-bond acceptors (Lipinski definition) is 5. The molecule has 4 aromatic rings. The Balaban J connectivity index is 1.50. The van der Waals surface area contributed by atoms with Gasteiger partial charge in [-0.15, -0.1) is 0 Å². The molecule has 0 bridgehead atoms. The summed E-state index contributed by atoms with van der Waals surface area (Å²) in [4.78, 5) is 24.8. The highest BCUT2D eigenvalue weighted by atomic mass is 32.2. The first kappa shape index (κ1) is 21.5. The monoisotopic (exact) mass is 448 g/mol. The van der Waals surface area contributed by atoms with Crippen LogP contribution in [0, 0.1) is 0 Å². The van der Waals surface area contributed by atoms with Gasteiger partial charge in [0, 0.05) is 25.3 Å². The van der Waals surface area contributed by atoms with Crippen LogP contribution in [0.4, 0.5) is 5.69 Å². The Hall–Kier alpha value is -3.75. The molecule has 7 nitrogen and oxygen atoms in total. The second kappa shape index (κ2) is 8.78. The van der Waals surface area contributed by atoms with Gasteiger partial charge in [-0.2, -0.15) is 4.31 Å². The maximum atomic E-state index is 12.8. The highest BCUT2D eigenvalue weighted by molar-refractivity contribution is 7.89. The van der Waals surface area contributed by atoms with Crippen molar-refractivity contribution >= 4 is 32.6 Å². The van der Waals surface area contributed by atoms with E-state index in [0.29, 0.717) is 16.7 Å². The van der Waals surface area contributed by atoms with E-state index in [1.54, 1.807) is 24.3 Å². The number of carbonyl (C=O) groups is 1. The van der Waals surface area contributed by atoms with Gasteiger partial charge in [-0.3, -0.25) is 9.59 Å². The van der Waals surface area contributed by atoms with E-state index in [9.17, 15) is 18.0 Å². The number of nitrogens with one attached hydrogen (secondary N) is 1. The van der Waals surface area contributed by atoms with Crippen molar-refractivity contribution in [3.8, 4) is 0 Å². The van der Waals surface area contributed by atoms with E-state index in [1.165, 1.54) is 35.6 Å². The summed E-state index contributed by atoms with van der Waals surface area (Å²) in [5.74, 6) is -0.738. The van der Waals surface area contributed by atoms with Crippen LogP contribution < -0.4 is 10.7 Å². The molecule has 4 rings (SSSR count). The molecule has 0 radical (unpaired) electrons. The van der Waals surface area contributed by atoms with Gasteiger partial charge in [0.25, 0.3) is 5.91 Å². The smallest absolute Gasteiger partial charge is 0.291 e. The number of amides is 1. The van der Waals surface area contributed by atoms with Crippen LogP contribution in [0.15, 0.2) is 99.0 Å². The van der Waals surface area contributed by atoms with Crippen molar-refractivity contribution in [2.24, 2.45) is 0 Å². The summed E-state index contributed by atoms with van der Waals surface area (Å²) in [5.41, 5.74) is 1.24. The van der Waals surface area contributed by atoms with Crippen molar-refractivity contribution in [2.45, 2.75) is 11.4 Å². The minimum absolute atomic E-state index is 0.103. The summed E-state index contributed by atoms with van der Waals surface area (Å²) in [6.07, 6.45) is 0. The Labute approximate surface area is 185 Å². The molecule has 162 valence electrons. The highest BCUT2D eigenvalue weighted by Crippen LogP contribution is 2.20. The highest BCUT2D eigenvalue weighted by Gasteiger charge is 2.21. The summed E-state index contributed by atoms with van der Waals surface area (Å²) in [5, 5.41) is 3.01. The Morgan fingerprint density at radius 1 is 0.938 bits per heavy atom. The molecule has 0 fully saturated rings. The Kier molecular flexibility index (Phi) is 5.89. The molecule has 0 aliphatic rings. The molecule has 1 heterocycles. The minimum atomic E-state index is -3.70. The fourth-order valence-corrected chi connectivity index (χ4v) is 4.38. The zero-order valence-electron chi connectivity index (χ0n) is 17.2. The first-order chi connectivity index (χ1) is 15.3. The fraction of sp³-hybridized carbons (Fsp3) is 0.0833. The second-order valence-corrected chi connectivity index (χ2v) is 9.24. The molecule has 32 heavy (non-hydrogen) atoms. The van der Waals surface area contributed by atoms with E-state index < -0.39 is 15.9 Å². The molecular weight excluding hydrogens is 428 g/mol. The summed E-state index contributed by atoms with van der Waals surface area (Å²) >= 11 is 0. The van der Waals surface area contributed by atoms with Crippen LogP contribution in [0.1, 0.15) is 16.1 Å². The average molecular weight is 449 g/mol. The number of hydrogen-bond donors (Lipinski definition) is 1. The number of fused-ring (bicyclic) bond motifs is 1. The van der Waals surface area contributed by atoms with E-state index in [1.807, 2.05) is 30.3 Å². The van der Waals surface area contributed by atoms with Crippen LogP contribution in [0.2, 0.25) is 0 Å². The van der Waals surface area contributed by atoms with Gasteiger partial charge in [-0.25, -0.2) is 8.42 Å². The summed E-state index contributed by atoms with van der Waals surface area (Å²) < 4.78 is 32.5. The van der Waals surface area contributed by atoms with Crippen LogP contribution in [-0.2, 0) is 16.6 Å². The standard InChI is InChI=1S/C24H20N2O5S/c1-26(16-17-7-3-2-4-8-17)32(29,30)19-13-11-18(12-14-19)25-24(28)23-15-21(27)20-9-5-6-10-22(20)31-23/h2-15H,16H2,1H3,(H,25,28). The third-order valence-corrected chi connectivity index (χ3v) is 6.74. The maximum Gasteiger partial charge on any atom is 0.291 e. The van der Waals surface area contributed by atoms with Gasteiger partial charge in [-0.05, 0) is 42.0 Å². The molecule has 0 unspecified atom stereocenters. The van der Waals surface area contributed by atoms with Crippen LogP contribution in [0.3, 0.4) is 0 Å².